The fraction of sp³-hybridized carbons (Fsp3) is 0.200. The normalized spacial score (nSPS) is 13.5. The van der Waals surface area contributed by atoms with Gasteiger partial charge in [0, 0.05) is 23.1 Å². The molecule has 2 aromatic heterocycles. The van der Waals surface area contributed by atoms with Crippen molar-refractivity contribution in [3.05, 3.63) is 22.4 Å². The number of thiophene rings is 1. The Morgan fingerprint density at radius 1 is 1.62 bits per heavy atom. The molecule has 0 amide bonds. The van der Waals surface area contributed by atoms with Gasteiger partial charge in [-0.3, -0.25) is 5.41 Å². The Morgan fingerprint density at radius 3 is 3.19 bits per heavy atom. The highest BCUT2D eigenvalue weighted by Gasteiger charge is 2.24. The molecule has 6 heteroatoms. The van der Waals surface area contributed by atoms with Crippen LogP contribution in [0.4, 0.5) is 5.82 Å². The molecule has 0 spiro atoms. The first kappa shape index (κ1) is 9.41. The summed E-state index contributed by atoms with van der Waals surface area (Å²) in [6.45, 7) is 0.887. The maximum atomic E-state index is 7.48. The largest absolute Gasteiger partial charge is 0.369 e. The predicted octanol–water partition coefficient (Wildman–Crippen LogP) is 1.32. The van der Waals surface area contributed by atoms with E-state index in [1.807, 2.05) is 11.4 Å². The highest BCUT2D eigenvalue weighted by Crippen LogP contribution is 2.33. The van der Waals surface area contributed by atoms with E-state index in [9.17, 15) is 0 Å². The topological polar surface area (TPSA) is 79.7 Å². The lowest BCUT2D eigenvalue weighted by molar-refractivity contribution is 0.911. The molecule has 0 bridgehead atoms. The molecule has 3 heterocycles. The molecule has 1 aliphatic rings. The van der Waals surface area contributed by atoms with E-state index in [0.717, 1.165) is 35.6 Å². The van der Waals surface area contributed by atoms with Crippen molar-refractivity contribution in [1.82, 2.24) is 9.78 Å². The summed E-state index contributed by atoms with van der Waals surface area (Å²) in [6.07, 6.45) is 0.938. The van der Waals surface area contributed by atoms with Crippen molar-refractivity contribution in [2.24, 2.45) is 5.73 Å². The zero-order valence-corrected chi connectivity index (χ0v) is 9.34. The van der Waals surface area contributed by atoms with Crippen molar-refractivity contribution in [3.8, 4) is 11.3 Å². The quantitative estimate of drug-likeness (QED) is 0.513. The maximum Gasteiger partial charge on any atom is 0.215 e. The second kappa shape index (κ2) is 3.34. The average molecular weight is 233 g/mol. The molecule has 0 saturated carbocycles. The first-order valence-corrected chi connectivity index (χ1v) is 5.94. The van der Waals surface area contributed by atoms with E-state index in [1.165, 1.54) is 4.68 Å². The molecule has 1 aliphatic heterocycles. The van der Waals surface area contributed by atoms with Crippen LogP contribution in [0.25, 0.3) is 11.3 Å². The van der Waals surface area contributed by atoms with Gasteiger partial charge < -0.3 is 11.1 Å². The lowest BCUT2D eigenvalue weighted by atomic mass is 10.1. The van der Waals surface area contributed by atoms with Gasteiger partial charge in [-0.25, -0.2) is 0 Å². The molecule has 3 rings (SSSR count). The number of nitrogens with one attached hydrogen (secondary N) is 2. The van der Waals surface area contributed by atoms with E-state index >= 15 is 0 Å². The van der Waals surface area contributed by atoms with Crippen molar-refractivity contribution in [1.29, 1.82) is 5.41 Å². The second-order valence-electron chi connectivity index (χ2n) is 3.66. The van der Waals surface area contributed by atoms with Gasteiger partial charge in [0.1, 0.15) is 5.82 Å². The van der Waals surface area contributed by atoms with Gasteiger partial charge in [-0.1, -0.05) is 0 Å². The first-order valence-electron chi connectivity index (χ1n) is 5.00. The maximum absolute atomic E-state index is 7.48. The Kier molecular flexibility index (Phi) is 1.97. The summed E-state index contributed by atoms with van der Waals surface area (Å²) in [5, 5.41) is 19.2. The van der Waals surface area contributed by atoms with Crippen molar-refractivity contribution in [3.63, 3.8) is 0 Å². The van der Waals surface area contributed by atoms with Gasteiger partial charge in [0.25, 0.3) is 0 Å². The Hall–Kier alpha value is -1.82. The van der Waals surface area contributed by atoms with Crippen LogP contribution < -0.4 is 11.1 Å². The Bertz CT molecular complexity index is 540. The van der Waals surface area contributed by atoms with E-state index in [2.05, 4.69) is 15.8 Å². The highest BCUT2D eigenvalue weighted by molar-refractivity contribution is 7.08. The van der Waals surface area contributed by atoms with E-state index < -0.39 is 0 Å². The van der Waals surface area contributed by atoms with E-state index in [-0.39, 0.29) is 5.96 Å². The third-order valence-corrected chi connectivity index (χ3v) is 3.36. The average Bonchev–Trinajstić information content (AvgIpc) is 2.93. The van der Waals surface area contributed by atoms with Gasteiger partial charge >= 0.3 is 0 Å². The smallest absolute Gasteiger partial charge is 0.215 e. The number of hydrogen-bond donors (Lipinski definition) is 3. The third-order valence-electron chi connectivity index (χ3n) is 2.67. The van der Waals surface area contributed by atoms with Gasteiger partial charge in [-0.2, -0.15) is 21.1 Å². The number of aromatic nitrogens is 2. The van der Waals surface area contributed by atoms with Gasteiger partial charge in [-0.05, 0) is 17.9 Å². The van der Waals surface area contributed by atoms with Crippen LogP contribution in [0.5, 0.6) is 0 Å². The Balaban J connectivity index is 2.20. The number of hydrogen-bond acceptors (Lipinski definition) is 4. The molecule has 2 aromatic rings. The molecule has 0 fully saturated rings. The number of anilines is 1. The fourth-order valence-electron chi connectivity index (χ4n) is 1.98. The van der Waals surface area contributed by atoms with Crippen LogP contribution >= 0.6 is 11.3 Å². The summed E-state index contributed by atoms with van der Waals surface area (Å²) in [5.74, 6) is 0.820. The molecular formula is C10H11N5S. The predicted molar refractivity (Wildman–Crippen MR) is 65.0 cm³/mol. The standard InChI is InChI=1S/C10H11N5S/c11-10(12)15-9-7(1-3-13-9)8(14-15)6-2-4-16-5-6/h2,4-5,13H,1,3H2,(H3,11,12). The molecule has 0 atom stereocenters. The van der Waals surface area contributed by atoms with Crippen LogP contribution in [-0.4, -0.2) is 22.3 Å². The van der Waals surface area contributed by atoms with Crippen LogP contribution in [0.1, 0.15) is 5.56 Å². The number of rotatable bonds is 1. The van der Waals surface area contributed by atoms with Gasteiger partial charge in [0.2, 0.25) is 5.96 Å². The summed E-state index contributed by atoms with van der Waals surface area (Å²) in [4.78, 5) is 0. The zero-order valence-electron chi connectivity index (χ0n) is 8.53. The lowest BCUT2D eigenvalue weighted by Crippen LogP contribution is -2.23. The zero-order chi connectivity index (χ0) is 11.1. The molecular weight excluding hydrogens is 222 g/mol. The van der Waals surface area contributed by atoms with Crippen LogP contribution in [0, 0.1) is 5.41 Å². The first-order chi connectivity index (χ1) is 7.77. The van der Waals surface area contributed by atoms with Crippen molar-refractivity contribution in [2.45, 2.75) is 6.42 Å². The summed E-state index contributed by atoms with van der Waals surface area (Å²) in [5.41, 5.74) is 8.70. The second-order valence-corrected chi connectivity index (χ2v) is 4.44. The molecule has 0 saturated heterocycles. The molecule has 0 aliphatic carbocycles. The minimum absolute atomic E-state index is 0.0490. The summed E-state index contributed by atoms with van der Waals surface area (Å²) in [6, 6.07) is 2.04. The van der Waals surface area contributed by atoms with E-state index in [1.54, 1.807) is 11.3 Å². The third kappa shape index (κ3) is 1.23. The summed E-state index contributed by atoms with van der Waals surface area (Å²) < 4.78 is 1.47. The molecule has 5 nitrogen and oxygen atoms in total. The molecule has 4 N–H and O–H groups in total. The monoisotopic (exact) mass is 233 g/mol. The van der Waals surface area contributed by atoms with Crippen molar-refractivity contribution in [2.75, 3.05) is 11.9 Å². The minimum Gasteiger partial charge on any atom is -0.369 e. The van der Waals surface area contributed by atoms with Gasteiger partial charge in [-0.15, -0.1) is 0 Å². The van der Waals surface area contributed by atoms with Crippen molar-refractivity contribution >= 4 is 23.1 Å². The molecule has 0 unspecified atom stereocenters. The number of nitrogen functional groups attached to an aromatic ring is 1. The minimum atomic E-state index is -0.0490. The SMILES string of the molecule is N=C(N)n1nc(-c2ccsc2)c2c1NCC2. The Morgan fingerprint density at radius 2 is 2.50 bits per heavy atom. The van der Waals surface area contributed by atoms with Crippen molar-refractivity contribution < 1.29 is 0 Å². The summed E-state index contributed by atoms with van der Waals surface area (Å²) >= 11 is 1.64. The molecule has 82 valence electrons. The molecule has 0 radical (unpaired) electrons. The van der Waals surface area contributed by atoms with Crippen LogP contribution in [0.2, 0.25) is 0 Å². The summed E-state index contributed by atoms with van der Waals surface area (Å²) in [7, 11) is 0. The van der Waals surface area contributed by atoms with Crippen LogP contribution in [0.15, 0.2) is 16.8 Å². The van der Waals surface area contributed by atoms with Gasteiger partial charge in [0.05, 0.1) is 5.69 Å². The molecule has 16 heavy (non-hydrogen) atoms. The molecule has 0 aromatic carbocycles. The van der Waals surface area contributed by atoms with Crippen LogP contribution in [0.3, 0.4) is 0 Å². The number of nitrogens with zero attached hydrogens (tertiary/aromatic N) is 2. The van der Waals surface area contributed by atoms with E-state index in [4.69, 9.17) is 11.1 Å². The highest BCUT2D eigenvalue weighted by atomic mass is 32.1. The van der Waals surface area contributed by atoms with E-state index in [0.29, 0.717) is 0 Å². The lowest BCUT2D eigenvalue weighted by Gasteiger charge is -2.01. The Labute approximate surface area is 96.4 Å². The van der Waals surface area contributed by atoms with Gasteiger partial charge in [0.15, 0.2) is 0 Å². The fourth-order valence-corrected chi connectivity index (χ4v) is 2.62. The number of fused-ring (bicyclic) bond motifs is 1. The van der Waals surface area contributed by atoms with Crippen LogP contribution in [-0.2, 0) is 6.42 Å². The number of nitrogens with two attached hydrogens (primary N) is 1.